The van der Waals surface area contributed by atoms with E-state index in [1.54, 1.807) is 23.8 Å². The molecule has 3 unspecified atom stereocenters. The van der Waals surface area contributed by atoms with E-state index >= 15 is 8.78 Å². The number of β-amino-alcohol motifs (C(OH)–C–C–N with tert-alkyl or cyclic N) is 1. The summed E-state index contributed by atoms with van der Waals surface area (Å²) in [6, 6.07) is 8.97. The van der Waals surface area contributed by atoms with Gasteiger partial charge in [0, 0.05) is 55.9 Å². The van der Waals surface area contributed by atoms with E-state index in [9.17, 15) is 33.8 Å². The summed E-state index contributed by atoms with van der Waals surface area (Å²) >= 11 is 1.56. The molecule has 464 valence electrons. The van der Waals surface area contributed by atoms with Crippen LogP contribution in [-0.2, 0) is 19.2 Å². The summed E-state index contributed by atoms with van der Waals surface area (Å²) in [5, 5.41) is 31.8. The van der Waals surface area contributed by atoms with E-state index in [0.717, 1.165) is 34.7 Å². The molecule has 0 aliphatic carbocycles. The van der Waals surface area contributed by atoms with Crippen LogP contribution in [0.4, 0.5) is 19.0 Å². The molecule has 4 amide bonds. The van der Waals surface area contributed by atoms with Crippen LogP contribution in [0.5, 0.6) is 17.6 Å². The predicted molar refractivity (Wildman–Crippen MR) is 326 cm³/mol. The van der Waals surface area contributed by atoms with Gasteiger partial charge >= 0.3 is 6.01 Å². The van der Waals surface area contributed by atoms with Crippen molar-refractivity contribution in [3.8, 4) is 51.7 Å². The number of phenolic OH excluding ortho intramolecular Hbond substituents is 1. The summed E-state index contributed by atoms with van der Waals surface area (Å²) in [6.45, 7) is 12.9. The largest absolute Gasteiger partial charge is 0.508 e. The molecule has 6 aromatic rings. The number of terminal acetylenes is 1. The highest BCUT2D eigenvalue weighted by molar-refractivity contribution is 7.13. The van der Waals surface area contributed by atoms with Gasteiger partial charge in [-0.15, -0.1) is 17.8 Å². The lowest BCUT2D eigenvalue weighted by molar-refractivity contribution is -0.144. The molecule has 9 heterocycles. The SMILES string of the molecule is C#Cc1c(F)ccc2cc(O)cc(-c3nc4c5c(nc(OC[C@@]67CCCN6C[C@H](F)C7)nc5c3F)N3CC5CCC(C3CO4)N5C(=O)[C@H](C)NCCCCC(=O)N[C@H](C(=O)N3C[C@H](O)C[C@H]3C(=O)N[C@@H](C)c3ccc(-c4scnc4C)cc3)C(C)(C)C)c12. The summed E-state index contributed by atoms with van der Waals surface area (Å²) in [4.78, 5) is 83.7. The molecule has 23 heteroatoms. The standard InChI is InChI=1S/C65H74F3N11O8S/c1-8-44-46(67)19-17-39-24-42(80)25-45(51(39)44)54-53(68)55-52-58(75-63(74-55)87-32-65-21-11-23-76(65)28-40(66)27-65)77-29-41-18-20-47(49(77)31-86-60(52)73-54)79(41)61(84)36(4)69-22-10-9-12-50(82)72-57(64(5,6)7)62(85)78-30-43(81)26-48(78)59(83)71-34(2)37-13-15-38(16-14-37)56-35(3)70-33-88-56/h1,13-17,19,24-25,33-34,36,40-41,43,47-49,57,69,80-81H,9-12,18,20-23,26-32H2,2-7H3,(H,71,83)(H,72,82)/t34-,36-,40+,41?,43+,47?,48-,49?,57+,65-/m0/s1. The van der Waals surface area contributed by atoms with E-state index in [-0.39, 0.29) is 120 Å². The normalized spacial score (nSPS) is 24.1. The third-order valence-electron chi connectivity index (χ3n) is 18.8. The predicted octanol–water partition coefficient (Wildman–Crippen LogP) is 7.66. The number of unbranched alkanes of at least 4 members (excludes halogenated alkanes) is 1. The molecule has 3 aromatic carbocycles. The van der Waals surface area contributed by atoms with Gasteiger partial charge in [-0.1, -0.05) is 57.0 Å². The number of likely N-dealkylation sites (tertiary alicyclic amines) is 1. The highest BCUT2D eigenvalue weighted by atomic mass is 32.1. The Balaban J connectivity index is 0.700. The smallest absolute Gasteiger partial charge is 0.319 e. The number of aromatic hydroxyl groups is 1. The molecule has 88 heavy (non-hydrogen) atoms. The number of benzene rings is 3. The number of rotatable bonds is 17. The molecule has 2 bridgehead atoms. The Hall–Kier alpha value is -7.65. The number of hydrogen-bond acceptors (Lipinski definition) is 16. The number of aliphatic hydroxyl groups excluding tert-OH is 1. The van der Waals surface area contributed by atoms with Gasteiger partial charge < -0.3 is 50.3 Å². The number of halogens is 3. The number of pyridine rings is 1. The van der Waals surface area contributed by atoms with E-state index in [0.29, 0.717) is 62.9 Å². The van der Waals surface area contributed by atoms with E-state index in [1.165, 1.54) is 29.2 Å². The lowest BCUT2D eigenvalue weighted by atomic mass is 9.85. The van der Waals surface area contributed by atoms with Gasteiger partial charge in [0.2, 0.25) is 29.5 Å². The Morgan fingerprint density at radius 3 is 2.52 bits per heavy atom. The molecule has 5 fully saturated rings. The average molecular weight is 1230 g/mol. The van der Waals surface area contributed by atoms with E-state index in [4.69, 9.17) is 25.9 Å². The maximum atomic E-state index is 17.7. The Labute approximate surface area is 512 Å². The summed E-state index contributed by atoms with van der Waals surface area (Å²) < 4.78 is 61.0. The molecule has 6 aliphatic rings. The Morgan fingerprint density at radius 2 is 1.77 bits per heavy atom. The Morgan fingerprint density at radius 1 is 0.977 bits per heavy atom. The van der Waals surface area contributed by atoms with Crippen LogP contribution < -0.4 is 30.3 Å². The molecule has 5 saturated heterocycles. The van der Waals surface area contributed by atoms with Crippen molar-refractivity contribution in [1.29, 1.82) is 0 Å². The van der Waals surface area contributed by atoms with Crippen molar-refractivity contribution in [3.63, 3.8) is 0 Å². The number of phenols is 1. The van der Waals surface area contributed by atoms with Crippen molar-refractivity contribution < 1.29 is 52.0 Å². The molecule has 12 rings (SSSR count). The van der Waals surface area contributed by atoms with Gasteiger partial charge in [-0.25, -0.2) is 23.1 Å². The third-order valence-corrected chi connectivity index (χ3v) is 19.8. The van der Waals surface area contributed by atoms with E-state index in [1.807, 2.05) is 68.7 Å². The molecule has 10 atom stereocenters. The number of thiazole rings is 1. The molecule has 0 spiro atoms. The minimum Gasteiger partial charge on any atom is -0.508 e. The minimum atomic E-state index is -1.02. The molecule has 5 N–H and O–H groups in total. The fourth-order valence-corrected chi connectivity index (χ4v) is 15.2. The van der Waals surface area contributed by atoms with Crippen molar-refractivity contribution in [2.45, 2.75) is 159 Å². The zero-order valence-corrected chi connectivity index (χ0v) is 51.1. The number of aryl methyl sites for hydroxylation is 1. The van der Waals surface area contributed by atoms with Crippen LogP contribution in [-0.4, -0.2) is 168 Å². The fraction of sp³-hybridized carbons (Fsp3) is 0.508. The van der Waals surface area contributed by atoms with Crippen LogP contribution in [0.15, 0.2) is 54.0 Å². The monoisotopic (exact) mass is 1230 g/mol. The molecule has 6 aliphatic heterocycles. The van der Waals surface area contributed by atoms with Gasteiger partial charge in [0.1, 0.15) is 65.5 Å². The number of aromatic nitrogens is 4. The number of aliphatic hydroxyl groups is 1. The molecule has 0 radical (unpaired) electrons. The first-order valence-electron chi connectivity index (χ1n) is 30.5. The number of fused-ring (bicyclic) bond motifs is 7. The number of hydrogen-bond donors (Lipinski definition) is 5. The summed E-state index contributed by atoms with van der Waals surface area (Å²) in [5.41, 5.74) is 2.70. The number of nitrogens with zero attached hydrogens (tertiary/aromatic N) is 8. The highest BCUT2D eigenvalue weighted by Gasteiger charge is 2.53. The first kappa shape index (κ1) is 60.6. The lowest BCUT2D eigenvalue weighted by Crippen LogP contribution is -2.65. The van der Waals surface area contributed by atoms with Crippen LogP contribution in [0.25, 0.3) is 43.4 Å². The number of amides is 4. The number of anilines is 1. The maximum Gasteiger partial charge on any atom is 0.319 e. The second-order valence-corrected chi connectivity index (χ2v) is 26.6. The topological polar surface area (TPSA) is 228 Å². The average Bonchev–Trinajstić information content (AvgIpc) is 1.49. The maximum absolute atomic E-state index is 17.7. The molecule has 0 saturated carbocycles. The minimum absolute atomic E-state index is 0.00740. The van der Waals surface area contributed by atoms with Crippen molar-refractivity contribution in [1.82, 2.24) is 50.6 Å². The quantitative estimate of drug-likeness (QED) is 0.0436. The fourth-order valence-electron chi connectivity index (χ4n) is 14.3. The van der Waals surface area contributed by atoms with Gasteiger partial charge in [0.25, 0.3) is 0 Å². The number of piperazine rings is 1. The number of nitrogens with one attached hydrogen (secondary N) is 3. The summed E-state index contributed by atoms with van der Waals surface area (Å²) in [5.74, 6) is -0.515. The summed E-state index contributed by atoms with van der Waals surface area (Å²) in [7, 11) is 0. The van der Waals surface area contributed by atoms with Gasteiger partial charge in [-0.3, -0.25) is 24.1 Å². The van der Waals surface area contributed by atoms with Crippen LogP contribution in [0.1, 0.15) is 115 Å². The Kier molecular flexibility index (Phi) is 16.6. The second-order valence-electron chi connectivity index (χ2n) is 25.7. The third kappa shape index (κ3) is 11.3. The van der Waals surface area contributed by atoms with Crippen LogP contribution in [0.2, 0.25) is 0 Å². The van der Waals surface area contributed by atoms with Gasteiger partial charge in [0.05, 0.1) is 57.5 Å². The number of carbonyl (C=O) groups is 4. The molecule has 3 aromatic heterocycles. The zero-order valence-electron chi connectivity index (χ0n) is 50.2. The van der Waals surface area contributed by atoms with Gasteiger partial charge in [-0.2, -0.15) is 9.97 Å². The molecular formula is C65H74F3N11O8S. The van der Waals surface area contributed by atoms with Crippen molar-refractivity contribution >= 4 is 62.5 Å². The number of carbonyl (C=O) groups excluding carboxylic acids is 4. The van der Waals surface area contributed by atoms with Crippen LogP contribution in [0.3, 0.4) is 0 Å². The molecular weight excluding hydrogens is 1150 g/mol. The number of ether oxygens (including phenoxy) is 2. The van der Waals surface area contributed by atoms with Crippen molar-refractivity contribution in [2.75, 3.05) is 50.8 Å². The Bertz CT molecular complexity index is 3770. The first-order valence-corrected chi connectivity index (χ1v) is 31.4. The van der Waals surface area contributed by atoms with Crippen molar-refractivity contribution in [2.24, 2.45) is 5.41 Å². The van der Waals surface area contributed by atoms with Crippen LogP contribution in [0, 0.1) is 36.3 Å². The highest BCUT2D eigenvalue weighted by Crippen LogP contribution is 2.47. The van der Waals surface area contributed by atoms with E-state index in [2.05, 4.69) is 36.7 Å². The van der Waals surface area contributed by atoms with Crippen LogP contribution >= 0.6 is 11.3 Å². The van der Waals surface area contributed by atoms with E-state index < -0.39 is 70.8 Å². The van der Waals surface area contributed by atoms with Gasteiger partial charge in [-0.05, 0) is 113 Å². The lowest BCUT2D eigenvalue weighted by Gasteiger charge is -2.47. The zero-order chi connectivity index (χ0) is 62.1. The summed E-state index contributed by atoms with van der Waals surface area (Å²) in [6.07, 6.45) is 8.21. The van der Waals surface area contributed by atoms with Gasteiger partial charge in [0.15, 0.2) is 5.82 Å². The van der Waals surface area contributed by atoms with Crippen molar-refractivity contribution in [3.05, 3.63) is 82.5 Å². The number of alkyl halides is 1. The first-order chi connectivity index (χ1) is 42.1. The second kappa shape index (κ2) is 24.0. The molecule has 19 nitrogen and oxygen atoms in total.